The van der Waals surface area contributed by atoms with Gasteiger partial charge in [-0.25, -0.2) is 9.78 Å². The van der Waals surface area contributed by atoms with Crippen LogP contribution >= 0.6 is 11.6 Å². The molecular formula is C21H35ClN6O2. The smallest absolute Gasteiger partial charge is 0.410 e. The number of ether oxygens (including phenoxy) is 1. The van der Waals surface area contributed by atoms with Gasteiger partial charge in [0.2, 0.25) is 0 Å². The molecule has 1 aliphatic rings. The van der Waals surface area contributed by atoms with Crippen LogP contribution in [0.1, 0.15) is 34.1 Å². The van der Waals surface area contributed by atoms with Crippen molar-refractivity contribution in [3.05, 3.63) is 23.4 Å². The Morgan fingerprint density at radius 3 is 2.87 bits per heavy atom. The van der Waals surface area contributed by atoms with E-state index in [1.165, 1.54) is 0 Å². The third kappa shape index (κ3) is 7.55. The van der Waals surface area contributed by atoms with Gasteiger partial charge in [0.1, 0.15) is 11.4 Å². The summed E-state index contributed by atoms with van der Waals surface area (Å²) < 4.78 is 5.40. The molecule has 9 heteroatoms. The van der Waals surface area contributed by atoms with Crippen molar-refractivity contribution in [2.75, 3.05) is 45.2 Å². The van der Waals surface area contributed by atoms with E-state index in [2.05, 4.69) is 32.4 Å². The maximum atomic E-state index is 12.1. The second kappa shape index (κ2) is 10.7. The third-order valence-electron chi connectivity index (χ3n) is 4.70. The van der Waals surface area contributed by atoms with Gasteiger partial charge in [0.15, 0.2) is 5.96 Å². The molecule has 0 aliphatic carbocycles. The van der Waals surface area contributed by atoms with Crippen LogP contribution in [0.2, 0.25) is 5.02 Å². The minimum Gasteiger partial charge on any atom is -0.444 e. The SMILES string of the molecule is CN=C(NCC(C)CN(C)C(=O)OC(C)(C)C)NC1CCN(c2ncccc2Cl)C1. The number of amides is 1. The molecule has 0 saturated carbocycles. The highest BCUT2D eigenvalue weighted by Gasteiger charge is 2.26. The number of nitrogens with one attached hydrogen (secondary N) is 2. The fraction of sp³-hybridized carbons (Fsp3) is 0.667. The number of rotatable bonds is 6. The van der Waals surface area contributed by atoms with Crippen molar-refractivity contribution in [1.29, 1.82) is 0 Å². The maximum Gasteiger partial charge on any atom is 0.410 e. The summed E-state index contributed by atoms with van der Waals surface area (Å²) in [5, 5.41) is 7.49. The van der Waals surface area contributed by atoms with E-state index in [9.17, 15) is 4.79 Å². The monoisotopic (exact) mass is 438 g/mol. The zero-order valence-electron chi connectivity index (χ0n) is 18.9. The number of carbonyl (C=O) groups excluding carboxylic acids is 1. The van der Waals surface area contributed by atoms with Gasteiger partial charge in [-0.2, -0.15) is 0 Å². The van der Waals surface area contributed by atoms with Gasteiger partial charge in [0.05, 0.1) is 5.02 Å². The number of pyridine rings is 1. The molecule has 0 spiro atoms. The van der Waals surface area contributed by atoms with Crippen molar-refractivity contribution < 1.29 is 9.53 Å². The molecule has 2 heterocycles. The Labute approximate surface area is 185 Å². The number of anilines is 1. The first kappa shape index (κ1) is 24.1. The summed E-state index contributed by atoms with van der Waals surface area (Å²) in [6.07, 6.45) is 2.43. The summed E-state index contributed by atoms with van der Waals surface area (Å²) in [7, 11) is 3.52. The van der Waals surface area contributed by atoms with Crippen molar-refractivity contribution in [3.63, 3.8) is 0 Å². The van der Waals surface area contributed by atoms with Crippen LogP contribution in [-0.4, -0.2) is 73.9 Å². The first-order valence-corrected chi connectivity index (χ1v) is 10.7. The molecule has 0 radical (unpaired) electrons. The molecule has 1 fully saturated rings. The minimum absolute atomic E-state index is 0.230. The molecule has 0 aromatic carbocycles. The van der Waals surface area contributed by atoms with Crippen molar-refractivity contribution in [2.45, 2.75) is 45.8 Å². The highest BCUT2D eigenvalue weighted by atomic mass is 35.5. The van der Waals surface area contributed by atoms with Gasteiger partial charge in [-0.05, 0) is 45.2 Å². The molecule has 1 aromatic heterocycles. The van der Waals surface area contributed by atoms with E-state index in [1.54, 1.807) is 25.2 Å². The Balaban J connectivity index is 1.77. The van der Waals surface area contributed by atoms with Crippen molar-refractivity contribution in [2.24, 2.45) is 10.9 Å². The van der Waals surface area contributed by atoms with Gasteiger partial charge in [-0.15, -0.1) is 0 Å². The number of guanidine groups is 1. The van der Waals surface area contributed by atoms with E-state index in [0.29, 0.717) is 18.1 Å². The summed E-state index contributed by atoms with van der Waals surface area (Å²) in [6.45, 7) is 10.7. The van der Waals surface area contributed by atoms with Crippen molar-refractivity contribution in [1.82, 2.24) is 20.5 Å². The van der Waals surface area contributed by atoms with Crippen LogP contribution in [0.4, 0.5) is 10.6 Å². The molecule has 1 aliphatic heterocycles. The zero-order chi connectivity index (χ0) is 22.3. The lowest BCUT2D eigenvalue weighted by atomic mass is 10.1. The molecule has 2 atom stereocenters. The van der Waals surface area contributed by atoms with E-state index >= 15 is 0 Å². The number of aliphatic imine (C=N–C) groups is 1. The summed E-state index contributed by atoms with van der Waals surface area (Å²) in [5.74, 6) is 1.81. The van der Waals surface area contributed by atoms with Crippen LogP contribution in [0.15, 0.2) is 23.3 Å². The molecule has 2 rings (SSSR count). The molecule has 1 amide bonds. The average molecular weight is 439 g/mol. The van der Waals surface area contributed by atoms with E-state index < -0.39 is 5.60 Å². The van der Waals surface area contributed by atoms with Crippen LogP contribution < -0.4 is 15.5 Å². The largest absolute Gasteiger partial charge is 0.444 e. The highest BCUT2D eigenvalue weighted by Crippen LogP contribution is 2.25. The first-order valence-electron chi connectivity index (χ1n) is 10.4. The highest BCUT2D eigenvalue weighted by molar-refractivity contribution is 6.32. The second-order valence-corrected chi connectivity index (χ2v) is 9.21. The lowest BCUT2D eigenvalue weighted by Crippen LogP contribution is -2.47. The average Bonchev–Trinajstić information content (AvgIpc) is 3.12. The summed E-state index contributed by atoms with van der Waals surface area (Å²) in [5.41, 5.74) is -0.493. The molecule has 2 unspecified atom stereocenters. The lowest BCUT2D eigenvalue weighted by molar-refractivity contribution is 0.0278. The fourth-order valence-electron chi connectivity index (χ4n) is 3.29. The van der Waals surface area contributed by atoms with E-state index in [4.69, 9.17) is 16.3 Å². The van der Waals surface area contributed by atoms with Crippen LogP contribution in [-0.2, 0) is 4.74 Å². The van der Waals surface area contributed by atoms with E-state index in [1.807, 2.05) is 32.9 Å². The molecule has 0 bridgehead atoms. The van der Waals surface area contributed by atoms with Gasteiger partial charge >= 0.3 is 6.09 Å². The minimum atomic E-state index is -0.493. The van der Waals surface area contributed by atoms with Crippen molar-refractivity contribution in [3.8, 4) is 0 Å². The number of hydrogen-bond acceptors (Lipinski definition) is 5. The Kier molecular flexibility index (Phi) is 8.58. The van der Waals surface area contributed by atoms with Crippen LogP contribution in [0.5, 0.6) is 0 Å². The Morgan fingerprint density at radius 2 is 2.23 bits per heavy atom. The standard InChI is InChI=1S/C21H35ClN6O2/c1-15(13-27(6)20(29)30-21(2,3)4)12-25-19(23-5)26-16-9-11-28(14-16)18-17(22)8-7-10-24-18/h7-8,10,15-16H,9,11-14H2,1-6H3,(H2,23,25,26). The second-order valence-electron chi connectivity index (χ2n) is 8.80. The molecule has 1 saturated heterocycles. The molecule has 8 nitrogen and oxygen atoms in total. The molecule has 30 heavy (non-hydrogen) atoms. The van der Waals surface area contributed by atoms with Gasteiger partial charge in [-0.1, -0.05) is 18.5 Å². The predicted octanol–water partition coefficient (Wildman–Crippen LogP) is 2.98. The third-order valence-corrected chi connectivity index (χ3v) is 4.99. The first-order chi connectivity index (χ1) is 14.1. The molecule has 1 aromatic rings. The van der Waals surface area contributed by atoms with Crippen molar-refractivity contribution >= 4 is 29.5 Å². The normalized spacial score (nSPS) is 18.2. The van der Waals surface area contributed by atoms with E-state index in [0.717, 1.165) is 31.3 Å². The van der Waals surface area contributed by atoms with Crippen LogP contribution in [0.25, 0.3) is 0 Å². The van der Waals surface area contributed by atoms with Gasteiger partial charge in [0.25, 0.3) is 0 Å². The topological polar surface area (TPSA) is 82.1 Å². The zero-order valence-corrected chi connectivity index (χ0v) is 19.7. The predicted molar refractivity (Wildman–Crippen MR) is 122 cm³/mol. The molecule has 2 N–H and O–H groups in total. The Morgan fingerprint density at radius 1 is 1.50 bits per heavy atom. The summed E-state index contributed by atoms with van der Waals surface area (Å²) >= 11 is 6.27. The number of nitrogens with zero attached hydrogens (tertiary/aromatic N) is 4. The van der Waals surface area contributed by atoms with Crippen LogP contribution in [0, 0.1) is 5.92 Å². The Bertz CT molecular complexity index is 736. The van der Waals surface area contributed by atoms with Crippen LogP contribution in [0.3, 0.4) is 0 Å². The maximum absolute atomic E-state index is 12.1. The lowest BCUT2D eigenvalue weighted by Gasteiger charge is -2.27. The quantitative estimate of drug-likeness (QED) is 0.525. The number of carbonyl (C=O) groups is 1. The van der Waals surface area contributed by atoms with E-state index in [-0.39, 0.29) is 18.1 Å². The van der Waals surface area contributed by atoms with Gasteiger partial charge in [0, 0.05) is 52.5 Å². The number of halogens is 1. The number of hydrogen-bond donors (Lipinski definition) is 2. The van der Waals surface area contributed by atoms with Gasteiger partial charge < -0.3 is 25.2 Å². The number of aromatic nitrogens is 1. The fourth-order valence-corrected chi connectivity index (χ4v) is 3.53. The summed E-state index contributed by atoms with van der Waals surface area (Å²) in [6, 6.07) is 3.96. The summed E-state index contributed by atoms with van der Waals surface area (Å²) in [4.78, 5) is 24.6. The van der Waals surface area contributed by atoms with Gasteiger partial charge in [-0.3, -0.25) is 4.99 Å². The molecule has 168 valence electrons. The molecular weight excluding hydrogens is 404 g/mol. The Hall–Kier alpha value is -2.22.